The molecule has 0 N–H and O–H groups in total. The van der Waals surface area contributed by atoms with Gasteiger partial charge in [-0.05, 0) is 30.9 Å². The van der Waals surface area contributed by atoms with E-state index in [-0.39, 0.29) is 12.5 Å². The molecule has 0 aliphatic heterocycles. The average molecular weight is 247 g/mol. The smallest absolute Gasteiger partial charge is 0.325 e. The van der Waals surface area contributed by atoms with Crippen molar-refractivity contribution in [2.75, 3.05) is 18.6 Å². The van der Waals surface area contributed by atoms with E-state index in [1.165, 1.54) is 12.0 Å². The summed E-state index contributed by atoms with van der Waals surface area (Å²) in [5.74, 6) is 0.0958. The lowest BCUT2D eigenvalue weighted by Gasteiger charge is -2.21. The van der Waals surface area contributed by atoms with Crippen LogP contribution in [0, 0.1) is 5.92 Å². The molecule has 18 heavy (non-hydrogen) atoms. The molecule has 0 atom stereocenters. The topological polar surface area (TPSA) is 46.6 Å². The first-order chi connectivity index (χ1) is 8.70. The number of hydrogen-bond acceptors (Lipinski definition) is 3. The third-order valence-corrected chi connectivity index (χ3v) is 3.04. The lowest BCUT2D eigenvalue weighted by molar-refractivity contribution is -0.140. The zero-order valence-electron chi connectivity index (χ0n) is 10.5. The Kier molecular flexibility index (Phi) is 3.97. The van der Waals surface area contributed by atoms with Crippen molar-refractivity contribution in [3.05, 3.63) is 30.3 Å². The molecule has 1 amide bonds. The van der Waals surface area contributed by atoms with Crippen LogP contribution >= 0.6 is 0 Å². The van der Waals surface area contributed by atoms with Crippen LogP contribution in [0.5, 0.6) is 0 Å². The molecule has 0 bridgehead atoms. The number of carbonyl (C=O) groups excluding carboxylic acids is 2. The lowest BCUT2D eigenvalue weighted by Crippen LogP contribution is -2.36. The minimum atomic E-state index is -0.400. The van der Waals surface area contributed by atoms with E-state index in [1.54, 1.807) is 0 Å². The van der Waals surface area contributed by atoms with E-state index >= 15 is 0 Å². The molecule has 1 fully saturated rings. The predicted molar refractivity (Wildman–Crippen MR) is 68.2 cm³/mol. The SMILES string of the molecule is COC(=O)CN(C(=O)CC1CC1)c1ccccc1. The molecule has 0 radical (unpaired) electrons. The van der Waals surface area contributed by atoms with Gasteiger partial charge in [0.15, 0.2) is 0 Å². The summed E-state index contributed by atoms with van der Waals surface area (Å²) in [4.78, 5) is 25.1. The zero-order chi connectivity index (χ0) is 13.0. The summed E-state index contributed by atoms with van der Waals surface area (Å²) < 4.78 is 4.64. The van der Waals surface area contributed by atoms with E-state index in [0.29, 0.717) is 12.3 Å². The molecule has 2 rings (SSSR count). The second-order valence-electron chi connectivity index (χ2n) is 4.54. The molecular formula is C14H17NO3. The normalized spacial score (nSPS) is 14.1. The standard InChI is InChI=1S/C14H17NO3/c1-18-14(17)10-15(12-5-3-2-4-6-12)13(16)9-11-7-8-11/h2-6,11H,7-10H2,1H3. The highest BCUT2D eigenvalue weighted by Crippen LogP contribution is 2.33. The van der Waals surface area contributed by atoms with E-state index in [0.717, 1.165) is 18.5 Å². The quantitative estimate of drug-likeness (QED) is 0.747. The van der Waals surface area contributed by atoms with Crippen molar-refractivity contribution < 1.29 is 14.3 Å². The maximum atomic E-state index is 12.2. The first-order valence-corrected chi connectivity index (χ1v) is 6.13. The van der Waals surface area contributed by atoms with Gasteiger partial charge in [-0.2, -0.15) is 0 Å². The Balaban J connectivity index is 2.10. The van der Waals surface area contributed by atoms with Gasteiger partial charge in [0.2, 0.25) is 5.91 Å². The van der Waals surface area contributed by atoms with Crippen LogP contribution < -0.4 is 4.90 Å². The van der Waals surface area contributed by atoms with Gasteiger partial charge < -0.3 is 9.64 Å². The van der Waals surface area contributed by atoms with Crippen LogP contribution in [0.1, 0.15) is 19.3 Å². The molecule has 0 aromatic heterocycles. The summed E-state index contributed by atoms with van der Waals surface area (Å²) in [6, 6.07) is 9.24. The number of amides is 1. The summed E-state index contributed by atoms with van der Waals surface area (Å²) in [5, 5.41) is 0. The van der Waals surface area contributed by atoms with E-state index in [9.17, 15) is 9.59 Å². The molecule has 0 spiro atoms. The van der Waals surface area contributed by atoms with Gasteiger partial charge in [0.1, 0.15) is 6.54 Å². The Labute approximate surface area is 107 Å². The Morgan fingerprint density at radius 1 is 1.28 bits per heavy atom. The third kappa shape index (κ3) is 3.32. The first kappa shape index (κ1) is 12.6. The molecular weight excluding hydrogens is 230 g/mol. The van der Waals surface area contributed by atoms with Crippen LogP contribution in [-0.4, -0.2) is 25.5 Å². The van der Waals surface area contributed by atoms with Gasteiger partial charge >= 0.3 is 5.97 Å². The van der Waals surface area contributed by atoms with Gasteiger partial charge in [-0.3, -0.25) is 9.59 Å². The van der Waals surface area contributed by atoms with Crippen molar-refractivity contribution in [1.29, 1.82) is 0 Å². The lowest BCUT2D eigenvalue weighted by atomic mass is 10.2. The van der Waals surface area contributed by atoms with Crippen molar-refractivity contribution in [3.63, 3.8) is 0 Å². The molecule has 1 aliphatic rings. The van der Waals surface area contributed by atoms with Crippen molar-refractivity contribution in [3.8, 4) is 0 Å². The van der Waals surface area contributed by atoms with Crippen LogP contribution in [0.25, 0.3) is 0 Å². The maximum absolute atomic E-state index is 12.2. The Hall–Kier alpha value is -1.84. The Morgan fingerprint density at radius 2 is 1.94 bits per heavy atom. The maximum Gasteiger partial charge on any atom is 0.325 e. The van der Waals surface area contributed by atoms with Crippen LogP contribution in [0.15, 0.2) is 30.3 Å². The fourth-order valence-corrected chi connectivity index (χ4v) is 1.80. The molecule has 0 heterocycles. The number of benzene rings is 1. The van der Waals surface area contributed by atoms with E-state index < -0.39 is 5.97 Å². The third-order valence-electron chi connectivity index (χ3n) is 3.04. The van der Waals surface area contributed by atoms with Gasteiger partial charge in [-0.1, -0.05) is 18.2 Å². The fraction of sp³-hybridized carbons (Fsp3) is 0.429. The number of methoxy groups -OCH3 is 1. The van der Waals surface area contributed by atoms with Gasteiger partial charge in [0.25, 0.3) is 0 Å². The van der Waals surface area contributed by atoms with Crippen LogP contribution in [-0.2, 0) is 14.3 Å². The number of rotatable bonds is 5. The van der Waals surface area contributed by atoms with Gasteiger partial charge in [0, 0.05) is 12.1 Å². The number of anilines is 1. The van der Waals surface area contributed by atoms with E-state index in [1.807, 2.05) is 30.3 Å². The monoisotopic (exact) mass is 247 g/mol. The van der Waals surface area contributed by atoms with Crippen LogP contribution in [0.2, 0.25) is 0 Å². The first-order valence-electron chi connectivity index (χ1n) is 6.13. The second-order valence-corrected chi connectivity index (χ2v) is 4.54. The molecule has 1 aliphatic carbocycles. The second kappa shape index (κ2) is 5.67. The number of para-hydroxylation sites is 1. The van der Waals surface area contributed by atoms with Crippen LogP contribution in [0.4, 0.5) is 5.69 Å². The number of carbonyl (C=O) groups is 2. The molecule has 4 nitrogen and oxygen atoms in total. The number of hydrogen-bond donors (Lipinski definition) is 0. The summed E-state index contributed by atoms with van der Waals surface area (Å²) in [5.41, 5.74) is 0.744. The summed E-state index contributed by atoms with van der Waals surface area (Å²) in [6.07, 6.45) is 2.76. The molecule has 0 saturated heterocycles. The summed E-state index contributed by atoms with van der Waals surface area (Å²) in [7, 11) is 1.33. The minimum Gasteiger partial charge on any atom is -0.468 e. The fourth-order valence-electron chi connectivity index (χ4n) is 1.80. The molecule has 1 saturated carbocycles. The number of ether oxygens (including phenoxy) is 1. The molecule has 1 aromatic carbocycles. The molecule has 4 heteroatoms. The summed E-state index contributed by atoms with van der Waals surface area (Å²) in [6.45, 7) is -0.0218. The van der Waals surface area contributed by atoms with Gasteiger partial charge in [-0.15, -0.1) is 0 Å². The number of esters is 1. The highest BCUT2D eigenvalue weighted by atomic mass is 16.5. The zero-order valence-corrected chi connectivity index (χ0v) is 10.5. The molecule has 1 aromatic rings. The average Bonchev–Trinajstić information content (AvgIpc) is 3.20. The van der Waals surface area contributed by atoms with Crippen molar-refractivity contribution in [2.45, 2.75) is 19.3 Å². The van der Waals surface area contributed by atoms with Gasteiger partial charge in [0.05, 0.1) is 7.11 Å². The predicted octanol–water partition coefficient (Wildman–Crippen LogP) is 1.99. The van der Waals surface area contributed by atoms with E-state index in [2.05, 4.69) is 4.74 Å². The number of nitrogens with zero attached hydrogens (tertiary/aromatic N) is 1. The van der Waals surface area contributed by atoms with Crippen molar-refractivity contribution in [1.82, 2.24) is 0 Å². The Morgan fingerprint density at radius 3 is 2.50 bits per heavy atom. The minimum absolute atomic E-state index is 0.00546. The van der Waals surface area contributed by atoms with Crippen LogP contribution in [0.3, 0.4) is 0 Å². The Bertz CT molecular complexity index is 426. The highest BCUT2D eigenvalue weighted by molar-refractivity contribution is 5.97. The highest BCUT2D eigenvalue weighted by Gasteiger charge is 2.28. The van der Waals surface area contributed by atoms with Crippen molar-refractivity contribution in [2.24, 2.45) is 5.92 Å². The largest absolute Gasteiger partial charge is 0.468 e. The van der Waals surface area contributed by atoms with Gasteiger partial charge in [-0.25, -0.2) is 0 Å². The summed E-state index contributed by atoms with van der Waals surface area (Å²) >= 11 is 0. The van der Waals surface area contributed by atoms with Crippen molar-refractivity contribution >= 4 is 17.6 Å². The molecule has 96 valence electrons. The van der Waals surface area contributed by atoms with E-state index in [4.69, 9.17) is 0 Å². The molecule has 0 unspecified atom stereocenters.